The largest absolute Gasteiger partial charge is 0.496 e. The molecule has 0 aliphatic heterocycles. The minimum absolute atomic E-state index is 0.461. The molecule has 1 aromatic carbocycles. The van der Waals surface area contributed by atoms with Gasteiger partial charge in [0.05, 0.1) is 13.7 Å². The van der Waals surface area contributed by atoms with E-state index in [9.17, 15) is 4.79 Å². The van der Waals surface area contributed by atoms with Crippen LogP contribution in [0.2, 0.25) is 0 Å². The topological polar surface area (TPSA) is 47.9 Å². The summed E-state index contributed by atoms with van der Waals surface area (Å²) in [4.78, 5) is 14.9. The fourth-order valence-electron chi connectivity index (χ4n) is 2.86. The Balaban J connectivity index is 2.50. The lowest BCUT2D eigenvalue weighted by atomic mass is 9.87. The fraction of sp³-hybridized carbons (Fsp3) is 0.533. The molecule has 0 spiro atoms. The molecule has 0 bridgehead atoms. The molecule has 1 aromatic rings. The Morgan fingerprint density at radius 3 is 2.63 bits per heavy atom. The van der Waals surface area contributed by atoms with Gasteiger partial charge in [0.15, 0.2) is 0 Å². The summed E-state index contributed by atoms with van der Waals surface area (Å²) in [6.45, 7) is 0.540. The fourth-order valence-corrected chi connectivity index (χ4v) is 2.86. The Morgan fingerprint density at radius 1 is 1.32 bits per heavy atom. The lowest BCUT2D eigenvalue weighted by Crippen LogP contribution is -2.20. The van der Waals surface area contributed by atoms with Crippen molar-refractivity contribution in [1.29, 1.82) is 0 Å². The molecule has 2 rings (SSSR count). The number of aliphatic imine (C=N–C) groups is 1. The van der Waals surface area contributed by atoms with Crippen LogP contribution in [-0.2, 0) is 21.7 Å². The van der Waals surface area contributed by atoms with Gasteiger partial charge in [-0.3, -0.25) is 0 Å². The van der Waals surface area contributed by atoms with E-state index < -0.39 is 5.54 Å². The molecule has 4 nitrogen and oxygen atoms in total. The maximum Gasteiger partial charge on any atom is 0.235 e. The second kappa shape index (κ2) is 6.00. The number of methoxy groups -OCH3 is 2. The summed E-state index contributed by atoms with van der Waals surface area (Å²) in [6.07, 6.45) is 5.62. The normalized spacial score (nSPS) is 16.9. The highest BCUT2D eigenvalue weighted by Gasteiger charge is 2.38. The number of isocyanates is 1. The highest BCUT2D eigenvalue weighted by atomic mass is 16.5. The van der Waals surface area contributed by atoms with E-state index in [2.05, 4.69) is 4.99 Å². The molecule has 0 N–H and O–H groups in total. The molecule has 1 aliphatic rings. The third-order valence-corrected chi connectivity index (χ3v) is 3.77. The van der Waals surface area contributed by atoms with E-state index in [-0.39, 0.29) is 0 Å². The molecule has 0 heterocycles. The Morgan fingerprint density at radius 2 is 2.05 bits per heavy atom. The average molecular weight is 261 g/mol. The molecule has 0 atom stereocenters. The summed E-state index contributed by atoms with van der Waals surface area (Å²) in [6, 6.07) is 5.93. The van der Waals surface area contributed by atoms with Crippen molar-refractivity contribution < 1.29 is 14.3 Å². The predicted molar refractivity (Wildman–Crippen MR) is 72.0 cm³/mol. The third-order valence-electron chi connectivity index (χ3n) is 3.77. The molecule has 4 heteroatoms. The van der Waals surface area contributed by atoms with Gasteiger partial charge in [-0.1, -0.05) is 18.9 Å². The van der Waals surface area contributed by atoms with Crippen LogP contribution in [0.5, 0.6) is 5.75 Å². The van der Waals surface area contributed by atoms with Crippen molar-refractivity contribution >= 4 is 6.08 Å². The molecular formula is C15H19NO3. The zero-order valence-corrected chi connectivity index (χ0v) is 11.4. The average Bonchev–Trinajstić information content (AvgIpc) is 2.89. The molecule has 1 saturated carbocycles. The first kappa shape index (κ1) is 13.8. The first-order valence-electron chi connectivity index (χ1n) is 6.51. The van der Waals surface area contributed by atoms with Gasteiger partial charge in [0, 0.05) is 12.7 Å². The number of carbonyl (C=O) groups excluding carboxylic acids is 1. The van der Waals surface area contributed by atoms with E-state index in [4.69, 9.17) is 9.47 Å². The Hall–Kier alpha value is -1.64. The quantitative estimate of drug-likeness (QED) is 0.604. The third kappa shape index (κ3) is 2.70. The van der Waals surface area contributed by atoms with E-state index >= 15 is 0 Å². The predicted octanol–water partition coefficient (Wildman–Crippen LogP) is 2.95. The maximum absolute atomic E-state index is 10.8. The van der Waals surface area contributed by atoms with Crippen LogP contribution in [0.25, 0.3) is 0 Å². The standard InChI is InChI=1S/C15H19NO3/c1-18-10-12-5-6-14(19-2)13(9-12)15(16-11-17)7-3-4-8-15/h5-6,9H,3-4,7-8,10H2,1-2H3. The van der Waals surface area contributed by atoms with E-state index in [0.29, 0.717) is 6.61 Å². The highest BCUT2D eigenvalue weighted by Crippen LogP contribution is 2.45. The van der Waals surface area contributed by atoms with Crippen molar-refractivity contribution in [3.63, 3.8) is 0 Å². The number of rotatable bonds is 5. The van der Waals surface area contributed by atoms with Gasteiger partial charge in [-0.05, 0) is 30.5 Å². The molecule has 0 amide bonds. The minimum Gasteiger partial charge on any atom is -0.496 e. The van der Waals surface area contributed by atoms with Gasteiger partial charge in [-0.15, -0.1) is 0 Å². The highest BCUT2D eigenvalue weighted by molar-refractivity contribution is 5.46. The van der Waals surface area contributed by atoms with Gasteiger partial charge in [-0.2, -0.15) is 4.99 Å². The van der Waals surface area contributed by atoms with Crippen molar-refractivity contribution in [2.75, 3.05) is 14.2 Å². The van der Waals surface area contributed by atoms with E-state index in [1.54, 1.807) is 20.3 Å². The SMILES string of the molecule is COCc1ccc(OC)c(C2(N=C=O)CCCC2)c1. The molecule has 0 aromatic heterocycles. The van der Waals surface area contributed by atoms with Crippen LogP contribution in [0.3, 0.4) is 0 Å². The van der Waals surface area contributed by atoms with Crippen molar-refractivity contribution in [2.45, 2.75) is 37.8 Å². The van der Waals surface area contributed by atoms with Gasteiger partial charge in [0.2, 0.25) is 6.08 Å². The maximum atomic E-state index is 10.8. The number of benzene rings is 1. The van der Waals surface area contributed by atoms with Crippen LogP contribution < -0.4 is 4.74 Å². The number of hydrogen-bond acceptors (Lipinski definition) is 4. The first-order valence-corrected chi connectivity index (χ1v) is 6.51. The smallest absolute Gasteiger partial charge is 0.235 e. The monoisotopic (exact) mass is 261 g/mol. The van der Waals surface area contributed by atoms with Crippen molar-refractivity contribution in [3.05, 3.63) is 29.3 Å². The molecule has 0 unspecified atom stereocenters. The summed E-state index contributed by atoms with van der Waals surface area (Å²) in [5, 5.41) is 0. The van der Waals surface area contributed by atoms with Crippen LogP contribution in [0.4, 0.5) is 0 Å². The zero-order valence-electron chi connectivity index (χ0n) is 11.4. The molecule has 0 saturated heterocycles. The van der Waals surface area contributed by atoms with Gasteiger partial charge in [0.25, 0.3) is 0 Å². The van der Waals surface area contributed by atoms with Crippen molar-refractivity contribution in [2.24, 2.45) is 4.99 Å². The van der Waals surface area contributed by atoms with Crippen LogP contribution in [0.15, 0.2) is 23.2 Å². The summed E-state index contributed by atoms with van der Waals surface area (Å²) >= 11 is 0. The summed E-state index contributed by atoms with van der Waals surface area (Å²) in [7, 11) is 3.31. The summed E-state index contributed by atoms with van der Waals surface area (Å²) < 4.78 is 10.6. The van der Waals surface area contributed by atoms with Crippen LogP contribution in [0.1, 0.15) is 36.8 Å². The minimum atomic E-state index is -0.461. The van der Waals surface area contributed by atoms with Gasteiger partial charge in [-0.25, -0.2) is 4.79 Å². The van der Waals surface area contributed by atoms with Crippen LogP contribution >= 0.6 is 0 Å². The number of hydrogen-bond donors (Lipinski definition) is 0. The molecular weight excluding hydrogens is 242 g/mol. The van der Waals surface area contributed by atoms with Crippen molar-refractivity contribution in [3.8, 4) is 5.75 Å². The Kier molecular flexibility index (Phi) is 4.35. The molecule has 1 fully saturated rings. The molecule has 102 valence electrons. The van der Waals surface area contributed by atoms with E-state index in [1.165, 1.54) is 0 Å². The van der Waals surface area contributed by atoms with Gasteiger partial charge < -0.3 is 9.47 Å². The van der Waals surface area contributed by atoms with E-state index in [0.717, 1.165) is 42.6 Å². The summed E-state index contributed by atoms with van der Waals surface area (Å²) in [5.41, 5.74) is 1.58. The molecule has 1 aliphatic carbocycles. The number of ether oxygens (including phenoxy) is 2. The van der Waals surface area contributed by atoms with Crippen LogP contribution in [0, 0.1) is 0 Å². The van der Waals surface area contributed by atoms with Gasteiger partial charge in [0.1, 0.15) is 11.3 Å². The van der Waals surface area contributed by atoms with Crippen LogP contribution in [-0.4, -0.2) is 20.3 Å². The lowest BCUT2D eigenvalue weighted by molar-refractivity contribution is 0.184. The lowest BCUT2D eigenvalue weighted by Gasteiger charge is -2.25. The van der Waals surface area contributed by atoms with E-state index in [1.807, 2.05) is 18.2 Å². The summed E-state index contributed by atoms with van der Waals surface area (Å²) in [5.74, 6) is 0.778. The van der Waals surface area contributed by atoms with Gasteiger partial charge >= 0.3 is 0 Å². The Bertz CT molecular complexity index is 486. The zero-order chi connectivity index (χ0) is 13.7. The second-order valence-corrected chi connectivity index (χ2v) is 4.91. The molecule has 19 heavy (non-hydrogen) atoms. The Labute approximate surface area is 113 Å². The molecule has 0 radical (unpaired) electrons. The van der Waals surface area contributed by atoms with Crippen molar-refractivity contribution in [1.82, 2.24) is 0 Å². The first-order chi connectivity index (χ1) is 9.25. The second-order valence-electron chi connectivity index (χ2n) is 4.91. The number of nitrogens with zero attached hydrogens (tertiary/aromatic N) is 1.